The maximum Gasteiger partial charge on any atom is 0.224 e. The molecule has 0 atom stereocenters. The quantitative estimate of drug-likeness (QED) is 0.675. The van der Waals surface area contributed by atoms with Crippen molar-refractivity contribution in [1.29, 1.82) is 0 Å². The number of likely N-dealkylation sites (N-methyl/N-ethyl adjacent to an activating group) is 1. The molecule has 0 radical (unpaired) electrons. The van der Waals surface area contributed by atoms with E-state index in [1.807, 2.05) is 31.1 Å². The fourth-order valence-corrected chi connectivity index (χ4v) is 2.04. The second kappa shape index (κ2) is 6.85. The highest BCUT2D eigenvalue weighted by Gasteiger charge is 2.13. The third kappa shape index (κ3) is 4.14. The summed E-state index contributed by atoms with van der Waals surface area (Å²) in [6.07, 6.45) is 1.41. The monoisotopic (exact) mass is 324 g/mol. The summed E-state index contributed by atoms with van der Waals surface area (Å²) in [5, 5.41) is 3.44. The molecule has 0 fully saturated rings. The third-order valence-electron chi connectivity index (χ3n) is 2.66. The molecule has 0 saturated heterocycles. The highest BCUT2D eigenvalue weighted by Crippen LogP contribution is 2.26. The van der Waals surface area contributed by atoms with Gasteiger partial charge in [-0.3, -0.25) is 4.79 Å². The molecule has 110 valence electrons. The number of anilines is 2. The van der Waals surface area contributed by atoms with Gasteiger partial charge in [-0.15, -0.1) is 0 Å². The summed E-state index contributed by atoms with van der Waals surface area (Å²) in [6.45, 7) is 0.316. The molecule has 5 nitrogen and oxygen atoms in total. The minimum Gasteiger partial charge on any atom is -0.338 e. The molecular weight excluding hydrogens is 311 g/mol. The number of rotatable bonds is 5. The summed E-state index contributed by atoms with van der Waals surface area (Å²) < 4.78 is 0. The predicted octanol–water partition coefficient (Wildman–Crippen LogP) is 3.27. The highest BCUT2D eigenvalue weighted by atomic mass is 35.5. The van der Waals surface area contributed by atoms with Gasteiger partial charge in [0.15, 0.2) is 11.6 Å². The Morgan fingerprint density at radius 1 is 1.29 bits per heavy atom. The maximum atomic E-state index is 12.2. The molecular formula is C14H14Cl2N4O. The lowest BCUT2D eigenvalue weighted by Gasteiger charge is -2.13. The molecule has 2 aromatic rings. The fraction of sp³-hybridized carbons (Fsp3) is 0.214. The molecule has 1 N–H and O–H groups in total. The van der Waals surface area contributed by atoms with Crippen LogP contribution in [0.2, 0.25) is 10.3 Å². The second-order valence-electron chi connectivity index (χ2n) is 4.67. The minimum absolute atomic E-state index is 0.000578. The second-order valence-corrected chi connectivity index (χ2v) is 5.41. The third-order valence-corrected chi connectivity index (χ3v) is 3.11. The summed E-state index contributed by atoms with van der Waals surface area (Å²) >= 11 is 11.8. The average Bonchev–Trinajstić information content (AvgIpc) is 2.42. The highest BCUT2D eigenvalue weighted by molar-refractivity contribution is 6.33. The van der Waals surface area contributed by atoms with Gasteiger partial charge < -0.3 is 10.2 Å². The normalized spacial score (nSPS) is 10.7. The van der Waals surface area contributed by atoms with E-state index >= 15 is 0 Å². The van der Waals surface area contributed by atoms with Gasteiger partial charge in [0.2, 0.25) is 5.28 Å². The van der Waals surface area contributed by atoms with Crippen molar-refractivity contribution in [3.63, 3.8) is 0 Å². The lowest BCUT2D eigenvalue weighted by molar-refractivity contribution is 0.0958. The van der Waals surface area contributed by atoms with Crippen LogP contribution in [-0.4, -0.2) is 41.3 Å². The van der Waals surface area contributed by atoms with Crippen LogP contribution >= 0.6 is 23.2 Å². The lowest BCUT2D eigenvalue weighted by Crippen LogP contribution is -2.22. The molecule has 0 aliphatic rings. The molecule has 2 rings (SSSR count). The topological polar surface area (TPSA) is 58.1 Å². The van der Waals surface area contributed by atoms with E-state index in [9.17, 15) is 4.79 Å². The zero-order chi connectivity index (χ0) is 15.4. The van der Waals surface area contributed by atoms with Crippen molar-refractivity contribution < 1.29 is 4.79 Å². The first-order valence-electron chi connectivity index (χ1n) is 6.19. The Hall–Kier alpha value is -1.69. The van der Waals surface area contributed by atoms with Crippen LogP contribution in [0.4, 0.5) is 11.5 Å². The SMILES string of the molecule is CN(C)CC(=O)c1ccccc1Nc1nc(Cl)ncc1Cl. The van der Waals surface area contributed by atoms with Crippen molar-refractivity contribution >= 4 is 40.5 Å². The van der Waals surface area contributed by atoms with E-state index in [2.05, 4.69) is 15.3 Å². The van der Waals surface area contributed by atoms with Crippen molar-refractivity contribution in [3.8, 4) is 0 Å². The standard InChI is InChI=1S/C14H14Cl2N4O/c1-20(2)8-12(21)9-5-3-4-6-11(9)18-13-10(15)7-17-14(16)19-13/h3-7H,8H2,1-2H3,(H,17,18,19). The number of hydrogen-bond acceptors (Lipinski definition) is 5. The van der Waals surface area contributed by atoms with E-state index in [-0.39, 0.29) is 11.1 Å². The van der Waals surface area contributed by atoms with Gasteiger partial charge in [-0.05, 0) is 37.8 Å². The van der Waals surface area contributed by atoms with Crippen molar-refractivity contribution in [2.45, 2.75) is 0 Å². The lowest BCUT2D eigenvalue weighted by atomic mass is 10.1. The summed E-state index contributed by atoms with van der Waals surface area (Å²) in [4.78, 5) is 21.9. The number of carbonyl (C=O) groups excluding carboxylic acids is 1. The van der Waals surface area contributed by atoms with Gasteiger partial charge in [0.05, 0.1) is 18.4 Å². The zero-order valence-electron chi connectivity index (χ0n) is 11.6. The van der Waals surface area contributed by atoms with Crippen LogP contribution in [0.15, 0.2) is 30.5 Å². The van der Waals surface area contributed by atoms with Gasteiger partial charge in [-0.25, -0.2) is 4.98 Å². The summed E-state index contributed by atoms with van der Waals surface area (Å²) in [5.74, 6) is 0.362. The van der Waals surface area contributed by atoms with Crippen LogP contribution in [-0.2, 0) is 0 Å². The van der Waals surface area contributed by atoms with Gasteiger partial charge in [0.1, 0.15) is 5.02 Å². The number of hydrogen-bond donors (Lipinski definition) is 1. The smallest absolute Gasteiger partial charge is 0.224 e. The summed E-state index contributed by atoms with van der Waals surface area (Å²) in [6, 6.07) is 7.17. The van der Waals surface area contributed by atoms with E-state index in [0.717, 1.165) is 0 Å². The van der Waals surface area contributed by atoms with Crippen LogP contribution in [0, 0.1) is 0 Å². The van der Waals surface area contributed by atoms with Gasteiger partial charge >= 0.3 is 0 Å². The van der Waals surface area contributed by atoms with Crippen molar-refractivity contribution in [2.75, 3.05) is 26.0 Å². The molecule has 0 amide bonds. The average molecular weight is 325 g/mol. The van der Waals surface area contributed by atoms with E-state index in [4.69, 9.17) is 23.2 Å². The van der Waals surface area contributed by atoms with Crippen molar-refractivity contribution in [2.24, 2.45) is 0 Å². The van der Waals surface area contributed by atoms with Crippen LogP contribution in [0.25, 0.3) is 0 Å². The minimum atomic E-state index is -0.000578. The predicted molar refractivity (Wildman–Crippen MR) is 84.7 cm³/mol. The summed E-state index contributed by atoms with van der Waals surface area (Å²) in [7, 11) is 3.68. The van der Waals surface area contributed by atoms with E-state index in [0.29, 0.717) is 28.6 Å². The zero-order valence-corrected chi connectivity index (χ0v) is 13.1. The first-order valence-corrected chi connectivity index (χ1v) is 6.95. The number of para-hydroxylation sites is 1. The number of nitrogens with zero attached hydrogens (tertiary/aromatic N) is 3. The molecule has 7 heteroatoms. The number of benzene rings is 1. The molecule has 1 aromatic heterocycles. The van der Waals surface area contributed by atoms with Gasteiger partial charge in [-0.2, -0.15) is 4.98 Å². The number of aromatic nitrogens is 2. The Balaban J connectivity index is 2.32. The number of halogens is 2. The molecule has 0 spiro atoms. The molecule has 0 bridgehead atoms. The number of ketones is 1. The Morgan fingerprint density at radius 2 is 2.00 bits per heavy atom. The fourth-order valence-electron chi connectivity index (χ4n) is 1.77. The first kappa shape index (κ1) is 15.7. The molecule has 0 aliphatic heterocycles. The van der Waals surface area contributed by atoms with Crippen LogP contribution in [0.1, 0.15) is 10.4 Å². The van der Waals surface area contributed by atoms with Gasteiger partial charge in [0, 0.05) is 5.56 Å². The Kier molecular flexibility index (Phi) is 5.12. The van der Waals surface area contributed by atoms with Crippen LogP contribution in [0.5, 0.6) is 0 Å². The van der Waals surface area contributed by atoms with Gasteiger partial charge in [0.25, 0.3) is 0 Å². The Morgan fingerprint density at radius 3 is 2.71 bits per heavy atom. The summed E-state index contributed by atoms with van der Waals surface area (Å²) in [5.41, 5.74) is 1.19. The number of nitrogens with one attached hydrogen (secondary N) is 1. The molecule has 1 aromatic carbocycles. The van der Waals surface area contributed by atoms with E-state index in [1.165, 1.54) is 6.20 Å². The first-order chi connectivity index (χ1) is 9.97. The Labute approximate surface area is 132 Å². The molecule has 1 heterocycles. The number of Topliss-reactive ketones (excluding diaryl/α,β-unsaturated/α-hetero) is 1. The maximum absolute atomic E-state index is 12.2. The Bertz CT molecular complexity index is 661. The number of carbonyl (C=O) groups is 1. The van der Waals surface area contributed by atoms with E-state index in [1.54, 1.807) is 12.1 Å². The van der Waals surface area contributed by atoms with Crippen LogP contribution < -0.4 is 5.32 Å². The molecule has 21 heavy (non-hydrogen) atoms. The molecule has 0 aliphatic carbocycles. The van der Waals surface area contributed by atoms with Crippen LogP contribution in [0.3, 0.4) is 0 Å². The van der Waals surface area contributed by atoms with Gasteiger partial charge in [-0.1, -0.05) is 23.7 Å². The molecule has 0 unspecified atom stereocenters. The van der Waals surface area contributed by atoms with Crippen molar-refractivity contribution in [3.05, 3.63) is 46.3 Å². The largest absolute Gasteiger partial charge is 0.338 e. The van der Waals surface area contributed by atoms with Crippen molar-refractivity contribution in [1.82, 2.24) is 14.9 Å². The molecule has 0 saturated carbocycles. The van der Waals surface area contributed by atoms with E-state index < -0.39 is 0 Å².